The van der Waals surface area contributed by atoms with Crippen molar-refractivity contribution in [3.8, 4) is 0 Å². The molecule has 7 heteroatoms. The van der Waals surface area contributed by atoms with Gasteiger partial charge in [0.1, 0.15) is 11.9 Å². The fourth-order valence-corrected chi connectivity index (χ4v) is 3.23. The van der Waals surface area contributed by atoms with Gasteiger partial charge in [-0.1, -0.05) is 6.07 Å². The number of hydrogen-bond donors (Lipinski definition) is 0. The van der Waals surface area contributed by atoms with Crippen LogP contribution in [0.15, 0.2) is 35.9 Å². The van der Waals surface area contributed by atoms with E-state index in [1.807, 2.05) is 41.6 Å². The molecule has 1 aliphatic rings. The fraction of sp³-hybridized carbons (Fsp3) is 0.389. The Morgan fingerprint density at radius 2 is 2.40 bits per heavy atom. The van der Waals surface area contributed by atoms with Crippen molar-refractivity contribution in [2.75, 3.05) is 38.3 Å². The molecule has 0 unspecified atom stereocenters. The molecule has 0 bridgehead atoms. The average molecular weight is 358 g/mol. The van der Waals surface area contributed by atoms with E-state index in [0.29, 0.717) is 25.6 Å². The van der Waals surface area contributed by atoms with Gasteiger partial charge < -0.3 is 14.5 Å². The van der Waals surface area contributed by atoms with Gasteiger partial charge in [-0.15, -0.1) is 11.3 Å². The summed E-state index contributed by atoms with van der Waals surface area (Å²) in [5.41, 5.74) is 0. The van der Waals surface area contributed by atoms with E-state index < -0.39 is 0 Å². The highest BCUT2D eigenvalue weighted by atomic mass is 32.1. The summed E-state index contributed by atoms with van der Waals surface area (Å²) in [6.45, 7) is 4.40. The van der Waals surface area contributed by atoms with Crippen molar-refractivity contribution in [3.05, 3.63) is 46.6 Å². The SMILES string of the molecule is CCN(C)c1ccnc([C@@H]2COCCN2C(=O)/C=C/c2cccs2)n1. The Bertz CT molecular complexity index is 732. The molecule has 1 atom stereocenters. The smallest absolute Gasteiger partial charge is 0.247 e. The maximum absolute atomic E-state index is 12.7. The Morgan fingerprint density at radius 3 is 3.16 bits per heavy atom. The Labute approximate surface area is 151 Å². The number of morpholine rings is 1. The highest BCUT2D eigenvalue weighted by Crippen LogP contribution is 2.23. The van der Waals surface area contributed by atoms with Crippen LogP contribution in [-0.4, -0.2) is 54.1 Å². The minimum absolute atomic E-state index is 0.0421. The number of rotatable bonds is 5. The normalized spacial score (nSPS) is 17.8. The molecule has 0 N–H and O–H groups in total. The third kappa shape index (κ3) is 4.24. The summed E-state index contributed by atoms with van der Waals surface area (Å²) >= 11 is 1.60. The number of nitrogens with zero attached hydrogens (tertiary/aromatic N) is 4. The summed E-state index contributed by atoms with van der Waals surface area (Å²) in [6.07, 6.45) is 5.20. The van der Waals surface area contributed by atoms with Crippen molar-refractivity contribution in [2.24, 2.45) is 0 Å². The van der Waals surface area contributed by atoms with Gasteiger partial charge in [-0.2, -0.15) is 0 Å². The number of carbonyl (C=O) groups is 1. The van der Waals surface area contributed by atoms with Crippen molar-refractivity contribution in [3.63, 3.8) is 0 Å². The van der Waals surface area contributed by atoms with E-state index in [-0.39, 0.29) is 11.9 Å². The van der Waals surface area contributed by atoms with Gasteiger partial charge in [0.25, 0.3) is 0 Å². The second-order valence-corrected chi connectivity index (χ2v) is 6.74. The Hall–Kier alpha value is -2.25. The monoisotopic (exact) mass is 358 g/mol. The van der Waals surface area contributed by atoms with Crippen molar-refractivity contribution in [1.82, 2.24) is 14.9 Å². The average Bonchev–Trinajstić information content (AvgIpc) is 3.19. The zero-order chi connectivity index (χ0) is 17.6. The van der Waals surface area contributed by atoms with Crippen LogP contribution in [0, 0.1) is 0 Å². The van der Waals surface area contributed by atoms with Crippen LogP contribution < -0.4 is 4.90 Å². The number of aromatic nitrogens is 2. The molecule has 0 spiro atoms. The van der Waals surface area contributed by atoms with E-state index in [2.05, 4.69) is 16.9 Å². The topological polar surface area (TPSA) is 58.6 Å². The summed E-state index contributed by atoms with van der Waals surface area (Å²) in [7, 11) is 1.98. The second-order valence-electron chi connectivity index (χ2n) is 5.76. The molecule has 6 nitrogen and oxygen atoms in total. The second kappa shape index (κ2) is 8.22. The van der Waals surface area contributed by atoms with E-state index in [1.165, 1.54) is 0 Å². The lowest BCUT2D eigenvalue weighted by Crippen LogP contribution is -2.43. The molecular formula is C18H22N4O2S. The van der Waals surface area contributed by atoms with E-state index in [0.717, 1.165) is 17.2 Å². The van der Waals surface area contributed by atoms with E-state index in [1.54, 1.807) is 28.5 Å². The molecule has 0 radical (unpaired) electrons. The van der Waals surface area contributed by atoms with Gasteiger partial charge in [0, 0.05) is 37.3 Å². The summed E-state index contributed by atoms with van der Waals surface area (Å²) in [5.74, 6) is 1.43. The highest BCUT2D eigenvalue weighted by Gasteiger charge is 2.29. The predicted molar refractivity (Wildman–Crippen MR) is 99.6 cm³/mol. The molecule has 1 saturated heterocycles. The molecule has 3 heterocycles. The van der Waals surface area contributed by atoms with Crippen LogP contribution in [0.3, 0.4) is 0 Å². The van der Waals surface area contributed by atoms with Crippen LogP contribution in [0.1, 0.15) is 23.7 Å². The zero-order valence-electron chi connectivity index (χ0n) is 14.5. The van der Waals surface area contributed by atoms with Crippen LogP contribution in [0.2, 0.25) is 0 Å². The van der Waals surface area contributed by atoms with Gasteiger partial charge in [0.15, 0.2) is 5.82 Å². The van der Waals surface area contributed by atoms with Gasteiger partial charge in [0.05, 0.1) is 13.2 Å². The van der Waals surface area contributed by atoms with Crippen molar-refractivity contribution >= 4 is 29.1 Å². The molecule has 1 amide bonds. The Kier molecular flexibility index (Phi) is 5.78. The van der Waals surface area contributed by atoms with Crippen molar-refractivity contribution < 1.29 is 9.53 Å². The van der Waals surface area contributed by atoms with Gasteiger partial charge >= 0.3 is 0 Å². The highest BCUT2D eigenvalue weighted by molar-refractivity contribution is 7.10. The first-order chi connectivity index (χ1) is 12.2. The summed E-state index contributed by atoms with van der Waals surface area (Å²) in [6, 6.07) is 5.56. The maximum Gasteiger partial charge on any atom is 0.247 e. The lowest BCUT2D eigenvalue weighted by atomic mass is 10.2. The minimum Gasteiger partial charge on any atom is -0.377 e. The first kappa shape index (κ1) is 17.6. The van der Waals surface area contributed by atoms with E-state index in [9.17, 15) is 4.79 Å². The van der Waals surface area contributed by atoms with E-state index >= 15 is 0 Å². The lowest BCUT2D eigenvalue weighted by Gasteiger charge is -2.34. The molecule has 1 fully saturated rings. The summed E-state index contributed by atoms with van der Waals surface area (Å²) in [5, 5.41) is 1.99. The summed E-state index contributed by atoms with van der Waals surface area (Å²) in [4.78, 5) is 26.6. The molecule has 0 aliphatic carbocycles. The molecule has 0 aromatic carbocycles. The van der Waals surface area contributed by atoms with Crippen molar-refractivity contribution in [1.29, 1.82) is 0 Å². The van der Waals surface area contributed by atoms with Gasteiger partial charge in [-0.25, -0.2) is 9.97 Å². The van der Waals surface area contributed by atoms with Gasteiger partial charge in [0.2, 0.25) is 5.91 Å². The molecule has 0 saturated carbocycles. The standard InChI is InChI=1S/C18H22N4O2S/c1-3-21(2)16-8-9-19-18(20-16)15-13-24-11-10-22(15)17(23)7-6-14-5-4-12-25-14/h4-9,12,15H,3,10-11,13H2,1-2H3/b7-6+/t15-/m0/s1. The molecule has 2 aromatic heterocycles. The van der Waals surface area contributed by atoms with Gasteiger partial charge in [-0.05, 0) is 30.5 Å². The molecule has 3 rings (SSSR count). The van der Waals surface area contributed by atoms with Crippen LogP contribution in [0.25, 0.3) is 6.08 Å². The van der Waals surface area contributed by atoms with Crippen molar-refractivity contribution in [2.45, 2.75) is 13.0 Å². The number of carbonyl (C=O) groups excluding carboxylic acids is 1. The van der Waals surface area contributed by atoms with E-state index in [4.69, 9.17) is 4.74 Å². The molecule has 132 valence electrons. The predicted octanol–water partition coefficient (Wildman–Crippen LogP) is 2.61. The molecule has 25 heavy (non-hydrogen) atoms. The lowest BCUT2D eigenvalue weighted by molar-refractivity contribution is -0.135. The number of hydrogen-bond acceptors (Lipinski definition) is 6. The zero-order valence-corrected chi connectivity index (χ0v) is 15.3. The molecule has 1 aliphatic heterocycles. The van der Waals surface area contributed by atoms with Gasteiger partial charge in [-0.3, -0.25) is 4.79 Å². The maximum atomic E-state index is 12.7. The largest absolute Gasteiger partial charge is 0.377 e. The number of thiophene rings is 1. The third-order valence-corrected chi connectivity index (χ3v) is 5.01. The third-order valence-electron chi connectivity index (χ3n) is 4.17. The van der Waals surface area contributed by atoms with Crippen LogP contribution in [0.4, 0.5) is 5.82 Å². The minimum atomic E-state index is -0.264. The Balaban J connectivity index is 1.80. The number of anilines is 1. The number of amides is 1. The molecular weight excluding hydrogens is 336 g/mol. The van der Waals surface area contributed by atoms with Crippen LogP contribution in [0.5, 0.6) is 0 Å². The molecule has 2 aromatic rings. The first-order valence-electron chi connectivity index (χ1n) is 8.33. The fourth-order valence-electron chi connectivity index (χ4n) is 2.62. The number of ether oxygens (including phenoxy) is 1. The summed E-state index contributed by atoms with van der Waals surface area (Å²) < 4.78 is 5.58. The first-order valence-corrected chi connectivity index (χ1v) is 9.21. The Morgan fingerprint density at radius 1 is 1.52 bits per heavy atom. The van der Waals surface area contributed by atoms with Crippen LogP contribution in [-0.2, 0) is 9.53 Å². The quantitative estimate of drug-likeness (QED) is 0.769. The van der Waals surface area contributed by atoms with Crippen LogP contribution >= 0.6 is 11.3 Å².